The first kappa shape index (κ1) is 14.9. The van der Waals surface area contributed by atoms with Crippen molar-refractivity contribution in [3.63, 3.8) is 0 Å². The molecule has 0 amide bonds. The van der Waals surface area contributed by atoms with Gasteiger partial charge in [0.25, 0.3) is 0 Å². The number of rotatable bonds is 3. The molecule has 0 aliphatic heterocycles. The number of nitrogens with zero attached hydrogens (tertiary/aromatic N) is 2. The van der Waals surface area contributed by atoms with Crippen LogP contribution in [0.2, 0.25) is 0 Å². The molecule has 0 radical (unpaired) electrons. The third-order valence-corrected chi connectivity index (χ3v) is 2.91. The van der Waals surface area contributed by atoms with E-state index in [-0.39, 0.29) is 23.0 Å². The second-order valence-corrected chi connectivity index (χ2v) is 4.16. The molecule has 0 aliphatic carbocycles. The number of carbonyl (C=O) groups excluding carboxylic acids is 1. The number of ether oxygens (including phenoxy) is 1. The number of hydrogen-bond donors (Lipinski definition) is 1. The molecule has 0 spiro atoms. The number of imidazole rings is 1. The van der Waals surface area contributed by atoms with Crippen LogP contribution in [0.5, 0.6) is 0 Å². The van der Waals surface area contributed by atoms with Crippen LogP contribution in [-0.2, 0) is 11.2 Å². The van der Waals surface area contributed by atoms with Gasteiger partial charge in [-0.25, -0.2) is 22.9 Å². The Balaban J connectivity index is 2.72. The fourth-order valence-corrected chi connectivity index (χ4v) is 1.92. The van der Waals surface area contributed by atoms with Gasteiger partial charge in [-0.15, -0.1) is 0 Å². The zero-order valence-corrected chi connectivity index (χ0v) is 11.3. The molecule has 1 aromatic carbocycles. The average molecular weight is 299 g/mol. The Hall–Kier alpha value is -2.51. The molecule has 2 rings (SSSR count). The summed E-state index contributed by atoms with van der Waals surface area (Å²) in [6.07, 6.45) is 0.291. The molecule has 0 saturated carbocycles. The maximum Gasteiger partial charge on any atom is 0.360 e. The van der Waals surface area contributed by atoms with E-state index >= 15 is 0 Å². The Morgan fingerprint density at radius 1 is 1.29 bits per heavy atom. The molecular formula is C13H12F3N3O2. The number of anilines is 1. The Kier molecular flexibility index (Phi) is 3.88. The van der Waals surface area contributed by atoms with Gasteiger partial charge >= 0.3 is 5.97 Å². The molecule has 21 heavy (non-hydrogen) atoms. The third kappa shape index (κ3) is 2.44. The largest absolute Gasteiger partial charge is 0.464 e. The predicted octanol–water partition coefficient (Wildman–Crippen LogP) is 2.22. The summed E-state index contributed by atoms with van der Waals surface area (Å²) in [6.45, 7) is 1.69. The molecule has 5 nitrogen and oxygen atoms in total. The van der Waals surface area contributed by atoms with Crippen molar-refractivity contribution in [2.75, 3.05) is 12.8 Å². The summed E-state index contributed by atoms with van der Waals surface area (Å²) in [7, 11) is 1.14. The molecule has 8 heteroatoms. The van der Waals surface area contributed by atoms with Crippen LogP contribution in [0.1, 0.15) is 23.2 Å². The van der Waals surface area contributed by atoms with Crippen molar-refractivity contribution in [2.24, 2.45) is 0 Å². The van der Waals surface area contributed by atoms with Crippen LogP contribution >= 0.6 is 0 Å². The highest BCUT2D eigenvalue weighted by Crippen LogP contribution is 2.25. The SMILES string of the molecule is CCc1nc(C(=O)OC)c(N)n1-c1cc(F)c(F)cc1F. The van der Waals surface area contributed by atoms with Crippen molar-refractivity contribution in [3.8, 4) is 5.69 Å². The van der Waals surface area contributed by atoms with E-state index < -0.39 is 23.4 Å². The molecule has 2 N–H and O–H groups in total. The van der Waals surface area contributed by atoms with Gasteiger partial charge < -0.3 is 10.5 Å². The van der Waals surface area contributed by atoms with E-state index in [4.69, 9.17) is 5.73 Å². The van der Waals surface area contributed by atoms with Crippen LogP contribution < -0.4 is 5.73 Å². The maximum atomic E-state index is 13.9. The summed E-state index contributed by atoms with van der Waals surface area (Å²) >= 11 is 0. The summed E-state index contributed by atoms with van der Waals surface area (Å²) in [6, 6.07) is 1.06. The van der Waals surface area contributed by atoms with Crippen molar-refractivity contribution in [1.29, 1.82) is 0 Å². The van der Waals surface area contributed by atoms with E-state index in [1.807, 2.05) is 0 Å². The Labute approximate surface area is 118 Å². The van der Waals surface area contributed by atoms with Crippen molar-refractivity contribution in [2.45, 2.75) is 13.3 Å². The quantitative estimate of drug-likeness (QED) is 0.697. The van der Waals surface area contributed by atoms with Gasteiger partial charge in [-0.05, 0) is 0 Å². The normalized spacial score (nSPS) is 10.7. The Morgan fingerprint density at radius 2 is 1.90 bits per heavy atom. The number of aromatic nitrogens is 2. The minimum atomic E-state index is -1.32. The van der Waals surface area contributed by atoms with Gasteiger partial charge in [0.15, 0.2) is 17.3 Å². The van der Waals surface area contributed by atoms with Crippen molar-refractivity contribution in [3.05, 3.63) is 41.1 Å². The van der Waals surface area contributed by atoms with E-state index in [0.29, 0.717) is 18.6 Å². The van der Waals surface area contributed by atoms with Crippen molar-refractivity contribution >= 4 is 11.8 Å². The summed E-state index contributed by atoms with van der Waals surface area (Å²) in [5.41, 5.74) is 5.22. The highest BCUT2D eigenvalue weighted by atomic mass is 19.2. The first-order valence-corrected chi connectivity index (χ1v) is 6.01. The van der Waals surface area contributed by atoms with Gasteiger partial charge in [0.2, 0.25) is 0 Å². The first-order valence-electron chi connectivity index (χ1n) is 6.01. The highest BCUT2D eigenvalue weighted by Gasteiger charge is 2.23. The van der Waals surface area contributed by atoms with Crippen LogP contribution in [0, 0.1) is 17.5 Å². The number of benzene rings is 1. The zero-order chi connectivity index (χ0) is 15.7. The van der Waals surface area contributed by atoms with Crippen molar-refractivity contribution < 1.29 is 22.7 Å². The number of nitrogen functional groups attached to an aromatic ring is 1. The average Bonchev–Trinajstić information content (AvgIpc) is 2.79. The number of carbonyl (C=O) groups is 1. The maximum absolute atomic E-state index is 13.9. The van der Waals surface area contributed by atoms with Gasteiger partial charge in [-0.2, -0.15) is 0 Å². The predicted molar refractivity (Wildman–Crippen MR) is 68.6 cm³/mol. The van der Waals surface area contributed by atoms with Crippen LogP contribution in [0.15, 0.2) is 12.1 Å². The van der Waals surface area contributed by atoms with Crippen LogP contribution in [0.4, 0.5) is 19.0 Å². The van der Waals surface area contributed by atoms with Gasteiger partial charge in [0, 0.05) is 18.6 Å². The Morgan fingerprint density at radius 3 is 2.48 bits per heavy atom. The molecule has 1 aromatic heterocycles. The van der Waals surface area contributed by atoms with Crippen LogP contribution in [0.3, 0.4) is 0 Å². The van der Waals surface area contributed by atoms with Gasteiger partial charge in [-0.3, -0.25) is 4.57 Å². The van der Waals surface area contributed by atoms with Gasteiger partial charge in [-0.1, -0.05) is 6.92 Å². The highest BCUT2D eigenvalue weighted by molar-refractivity contribution is 5.92. The molecular weight excluding hydrogens is 287 g/mol. The van der Waals surface area contributed by atoms with Crippen molar-refractivity contribution in [1.82, 2.24) is 9.55 Å². The summed E-state index contributed by atoms with van der Waals surface area (Å²) in [4.78, 5) is 15.5. The zero-order valence-electron chi connectivity index (χ0n) is 11.3. The molecule has 0 fully saturated rings. The minimum absolute atomic E-state index is 0.205. The summed E-state index contributed by atoms with van der Waals surface area (Å²) < 4.78 is 45.8. The standard InChI is InChI=1S/C13H12F3N3O2/c1-3-10-18-11(13(20)21-2)12(17)19(10)9-5-7(15)6(14)4-8(9)16/h4-5H,3,17H2,1-2H3. The number of aryl methyl sites for hydroxylation is 1. The smallest absolute Gasteiger partial charge is 0.360 e. The lowest BCUT2D eigenvalue weighted by Crippen LogP contribution is -2.09. The molecule has 0 unspecified atom stereocenters. The number of methoxy groups -OCH3 is 1. The Bertz CT molecular complexity index is 713. The van der Waals surface area contributed by atoms with Gasteiger partial charge in [0.1, 0.15) is 17.5 Å². The molecule has 0 atom stereocenters. The van der Waals surface area contributed by atoms with E-state index in [0.717, 1.165) is 11.7 Å². The summed E-state index contributed by atoms with van der Waals surface area (Å²) in [5.74, 6) is -4.36. The lowest BCUT2D eigenvalue weighted by molar-refractivity contribution is 0.0595. The lowest BCUT2D eigenvalue weighted by atomic mass is 10.2. The molecule has 0 bridgehead atoms. The first-order chi connectivity index (χ1) is 9.90. The van der Waals surface area contributed by atoms with Crippen LogP contribution in [0.25, 0.3) is 5.69 Å². The van der Waals surface area contributed by atoms with E-state index in [9.17, 15) is 18.0 Å². The van der Waals surface area contributed by atoms with E-state index in [1.54, 1.807) is 6.92 Å². The molecule has 0 aliphatic rings. The number of esters is 1. The minimum Gasteiger partial charge on any atom is -0.464 e. The third-order valence-electron chi connectivity index (χ3n) is 2.91. The molecule has 1 heterocycles. The fraction of sp³-hybridized carbons (Fsp3) is 0.231. The van der Waals surface area contributed by atoms with E-state index in [2.05, 4.69) is 9.72 Å². The fourth-order valence-electron chi connectivity index (χ4n) is 1.92. The molecule has 0 saturated heterocycles. The number of hydrogen-bond acceptors (Lipinski definition) is 4. The molecule has 112 valence electrons. The van der Waals surface area contributed by atoms with Crippen LogP contribution in [-0.4, -0.2) is 22.6 Å². The van der Waals surface area contributed by atoms with Gasteiger partial charge in [0.05, 0.1) is 12.8 Å². The monoisotopic (exact) mass is 299 g/mol. The lowest BCUT2D eigenvalue weighted by Gasteiger charge is -2.10. The van der Waals surface area contributed by atoms with E-state index in [1.165, 1.54) is 0 Å². The topological polar surface area (TPSA) is 70.1 Å². The summed E-state index contributed by atoms with van der Waals surface area (Å²) in [5, 5.41) is 0. The molecule has 2 aromatic rings. The number of halogens is 3. The number of nitrogens with two attached hydrogens (primary N) is 1. The second-order valence-electron chi connectivity index (χ2n) is 4.16. The second kappa shape index (κ2) is 5.47.